The smallest absolute Gasteiger partial charge is 0.253 e. The first-order chi connectivity index (χ1) is 13.4. The molecular weight excluding hydrogens is 380 g/mol. The van der Waals surface area contributed by atoms with Crippen LogP contribution in [0, 0.1) is 5.92 Å². The third kappa shape index (κ3) is 4.39. The van der Waals surface area contributed by atoms with Gasteiger partial charge >= 0.3 is 0 Å². The number of hydrogen-bond donors (Lipinski definition) is 2. The highest BCUT2D eigenvalue weighted by molar-refractivity contribution is 6.33. The number of nitrogens with one attached hydrogen (secondary N) is 2. The van der Waals surface area contributed by atoms with Crippen LogP contribution in [0.15, 0.2) is 42.5 Å². The molecule has 2 unspecified atom stereocenters. The van der Waals surface area contributed by atoms with Crippen LogP contribution >= 0.6 is 11.6 Å². The van der Waals surface area contributed by atoms with E-state index >= 15 is 0 Å². The third-order valence-corrected chi connectivity index (χ3v) is 4.94. The van der Waals surface area contributed by atoms with Gasteiger partial charge < -0.3 is 20.1 Å². The van der Waals surface area contributed by atoms with E-state index in [1.807, 2.05) is 39.0 Å². The molecule has 0 radical (unpaired) electrons. The standard InChI is InChI=1S/C21H23ClN2O4/c1-12(2)19(24-20(25)15-6-4-5-7-16(15)22)21(26)23-13(3)14-8-9-17-18(10-14)28-11-27-17/h4-10,12-13,19H,11H2,1-3H3,(H,23,26)(H,24,25). The number of amides is 2. The van der Waals surface area contributed by atoms with Crippen LogP contribution in [0.4, 0.5) is 0 Å². The van der Waals surface area contributed by atoms with Crippen molar-refractivity contribution in [1.29, 1.82) is 0 Å². The Kier molecular flexibility index (Phi) is 6.09. The molecule has 6 nitrogen and oxygen atoms in total. The molecule has 0 saturated carbocycles. The summed E-state index contributed by atoms with van der Waals surface area (Å²) in [4.78, 5) is 25.4. The molecular formula is C21H23ClN2O4. The molecule has 3 rings (SSSR count). The molecule has 0 spiro atoms. The molecule has 1 heterocycles. The van der Waals surface area contributed by atoms with E-state index in [0.29, 0.717) is 22.1 Å². The molecule has 0 aromatic heterocycles. The van der Waals surface area contributed by atoms with Crippen molar-refractivity contribution in [2.75, 3.05) is 6.79 Å². The van der Waals surface area contributed by atoms with Crippen LogP contribution in [0.25, 0.3) is 0 Å². The summed E-state index contributed by atoms with van der Waals surface area (Å²) in [5, 5.41) is 6.09. The van der Waals surface area contributed by atoms with Crippen molar-refractivity contribution in [3.05, 3.63) is 58.6 Å². The minimum absolute atomic E-state index is 0.101. The van der Waals surface area contributed by atoms with Crippen LogP contribution in [-0.2, 0) is 4.79 Å². The summed E-state index contributed by atoms with van der Waals surface area (Å²) in [5.74, 6) is 0.603. The van der Waals surface area contributed by atoms with E-state index in [9.17, 15) is 9.59 Å². The summed E-state index contributed by atoms with van der Waals surface area (Å²) in [7, 11) is 0. The molecule has 148 valence electrons. The van der Waals surface area contributed by atoms with Gasteiger partial charge in [0.25, 0.3) is 5.91 Å². The van der Waals surface area contributed by atoms with Crippen molar-refractivity contribution in [3.8, 4) is 11.5 Å². The molecule has 1 aliphatic heterocycles. The maximum Gasteiger partial charge on any atom is 0.253 e. The van der Waals surface area contributed by atoms with Gasteiger partial charge in [0.15, 0.2) is 11.5 Å². The molecule has 1 aliphatic rings. The van der Waals surface area contributed by atoms with Gasteiger partial charge in [0, 0.05) is 0 Å². The molecule has 2 aromatic carbocycles. The van der Waals surface area contributed by atoms with Gasteiger partial charge in [-0.3, -0.25) is 9.59 Å². The molecule has 0 aliphatic carbocycles. The Labute approximate surface area is 169 Å². The minimum atomic E-state index is -0.694. The van der Waals surface area contributed by atoms with E-state index in [4.69, 9.17) is 21.1 Å². The summed E-state index contributed by atoms with van der Waals surface area (Å²) >= 11 is 6.09. The molecule has 2 aromatic rings. The number of carbonyl (C=O) groups is 2. The Morgan fingerprint density at radius 3 is 2.43 bits per heavy atom. The third-order valence-electron chi connectivity index (χ3n) is 4.61. The Hall–Kier alpha value is -2.73. The van der Waals surface area contributed by atoms with Crippen LogP contribution in [0.3, 0.4) is 0 Å². The van der Waals surface area contributed by atoms with E-state index in [2.05, 4.69) is 10.6 Å². The van der Waals surface area contributed by atoms with Gasteiger partial charge in [-0.25, -0.2) is 0 Å². The van der Waals surface area contributed by atoms with Crippen molar-refractivity contribution >= 4 is 23.4 Å². The van der Waals surface area contributed by atoms with Gasteiger partial charge in [-0.1, -0.05) is 43.6 Å². The van der Waals surface area contributed by atoms with Gasteiger partial charge in [0.2, 0.25) is 12.7 Å². The average Bonchev–Trinajstić information content (AvgIpc) is 3.13. The highest BCUT2D eigenvalue weighted by Gasteiger charge is 2.27. The lowest BCUT2D eigenvalue weighted by Gasteiger charge is -2.24. The van der Waals surface area contributed by atoms with Crippen LogP contribution in [0.1, 0.15) is 42.7 Å². The number of rotatable bonds is 6. The number of benzene rings is 2. The normalized spacial score (nSPS) is 14.5. The summed E-state index contributed by atoms with van der Waals surface area (Å²) in [6, 6.07) is 11.3. The van der Waals surface area contributed by atoms with Crippen molar-refractivity contribution < 1.29 is 19.1 Å². The first-order valence-corrected chi connectivity index (χ1v) is 9.50. The highest BCUT2D eigenvalue weighted by Crippen LogP contribution is 2.34. The predicted octanol–water partition coefficient (Wildman–Crippen LogP) is 3.70. The molecule has 0 fully saturated rings. The second-order valence-electron chi connectivity index (χ2n) is 7.02. The second kappa shape index (κ2) is 8.52. The van der Waals surface area contributed by atoms with Crippen molar-refractivity contribution in [1.82, 2.24) is 10.6 Å². The van der Waals surface area contributed by atoms with Crippen LogP contribution in [0.2, 0.25) is 5.02 Å². The second-order valence-corrected chi connectivity index (χ2v) is 7.43. The van der Waals surface area contributed by atoms with E-state index in [-0.39, 0.29) is 30.6 Å². The molecule has 0 bridgehead atoms. The lowest BCUT2D eigenvalue weighted by molar-refractivity contribution is -0.124. The monoisotopic (exact) mass is 402 g/mol. The van der Waals surface area contributed by atoms with Gasteiger partial charge in [0.05, 0.1) is 16.6 Å². The maximum absolute atomic E-state index is 12.8. The van der Waals surface area contributed by atoms with E-state index in [0.717, 1.165) is 5.56 Å². The number of hydrogen-bond acceptors (Lipinski definition) is 4. The summed E-state index contributed by atoms with van der Waals surface area (Å²) in [6.07, 6.45) is 0. The van der Waals surface area contributed by atoms with Crippen molar-refractivity contribution in [3.63, 3.8) is 0 Å². The Bertz CT molecular complexity index is 884. The lowest BCUT2D eigenvalue weighted by Crippen LogP contribution is -2.50. The van der Waals surface area contributed by atoms with Crippen LogP contribution in [0.5, 0.6) is 11.5 Å². The van der Waals surface area contributed by atoms with Crippen LogP contribution in [-0.4, -0.2) is 24.6 Å². The Balaban J connectivity index is 1.69. The molecule has 2 amide bonds. The molecule has 28 heavy (non-hydrogen) atoms. The Morgan fingerprint density at radius 1 is 1.00 bits per heavy atom. The average molecular weight is 403 g/mol. The molecule has 7 heteroatoms. The highest BCUT2D eigenvalue weighted by atomic mass is 35.5. The molecule has 0 saturated heterocycles. The van der Waals surface area contributed by atoms with Crippen molar-refractivity contribution in [2.45, 2.75) is 32.9 Å². The fourth-order valence-corrected chi connectivity index (χ4v) is 3.19. The van der Waals surface area contributed by atoms with Gasteiger partial charge in [-0.15, -0.1) is 0 Å². The van der Waals surface area contributed by atoms with Gasteiger partial charge in [-0.05, 0) is 42.7 Å². The summed E-state index contributed by atoms with van der Waals surface area (Å²) in [5.41, 5.74) is 1.23. The predicted molar refractivity (Wildman–Crippen MR) is 107 cm³/mol. The maximum atomic E-state index is 12.8. The van der Waals surface area contributed by atoms with E-state index in [1.165, 1.54) is 0 Å². The quantitative estimate of drug-likeness (QED) is 0.772. The zero-order chi connectivity index (χ0) is 20.3. The van der Waals surface area contributed by atoms with Gasteiger partial charge in [-0.2, -0.15) is 0 Å². The zero-order valence-electron chi connectivity index (χ0n) is 16.0. The largest absolute Gasteiger partial charge is 0.454 e. The first-order valence-electron chi connectivity index (χ1n) is 9.12. The number of carbonyl (C=O) groups excluding carboxylic acids is 2. The fourth-order valence-electron chi connectivity index (χ4n) is 2.97. The van der Waals surface area contributed by atoms with Gasteiger partial charge in [0.1, 0.15) is 6.04 Å². The summed E-state index contributed by atoms with van der Waals surface area (Å²) < 4.78 is 10.7. The Morgan fingerprint density at radius 2 is 1.71 bits per heavy atom. The summed E-state index contributed by atoms with van der Waals surface area (Å²) in [6.45, 7) is 5.83. The van der Waals surface area contributed by atoms with E-state index in [1.54, 1.807) is 24.3 Å². The number of ether oxygens (including phenoxy) is 2. The van der Waals surface area contributed by atoms with Crippen molar-refractivity contribution in [2.24, 2.45) is 5.92 Å². The molecule has 2 N–H and O–H groups in total. The fraction of sp³-hybridized carbons (Fsp3) is 0.333. The van der Waals surface area contributed by atoms with Crippen LogP contribution < -0.4 is 20.1 Å². The van der Waals surface area contributed by atoms with E-state index < -0.39 is 6.04 Å². The number of fused-ring (bicyclic) bond motifs is 1. The topological polar surface area (TPSA) is 76.7 Å². The molecule has 2 atom stereocenters. The number of halogens is 1. The minimum Gasteiger partial charge on any atom is -0.454 e. The lowest BCUT2D eigenvalue weighted by atomic mass is 10.0. The first kappa shape index (κ1) is 20.0. The SMILES string of the molecule is CC(NC(=O)C(NC(=O)c1ccccc1Cl)C(C)C)c1ccc2c(c1)OCO2. The zero-order valence-corrected chi connectivity index (χ0v) is 16.7.